The number of hydrogen-bond acceptors (Lipinski definition) is 2. The average Bonchev–Trinajstić information content (AvgIpc) is 2.26. The van der Waals surface area contributed by atoms with Crippen molar-refractivity contribution in [3.8, 4) is 0 Å². The number of carbonyl (C=O) groups excluding carboxylic acids is 2. The van der Waals surface area contributed by atoms with Crippen molar-refractivity contribution < 1.29 is 14.0 Å². The van der Waals surface area contributed by atoms with Gasteiger partial charge in [0.1, 0.15) is 17.4 Å². The second kappa shape index (κ2) is 4.56. The van der Waals surface area contributed by atoms with Gasteiger partial charge in [0.25, 0.3) is 0 Å². The summed E-state index contributed by atoms with van der Waals surface area (Å²) in [6.45, 7) is 0. The summed E-state index contributed by atoms with van der Waals surface area (Å²) in [6.07, 6.45) is 2.09. The number of Topliss-reactive ketones (excluding diaryl/α,β-unsaturated/α-hetero) is 2. The lowest BCUT2D eigenvalue weighted by Gasteiger charge is -2.19. The van der Waals surface area contributed by atoms with Crippen LogP contribution < -0.4 is 0 Å². The van der Waals surface area contributed by atoms with Crippen molar-refractivity contribution >= 4 is 11.6 Å². The maximum absolute atomic E-state index is 12.7. The number of carbonyl (C=O) groups is 2. The molecule has 84 valence electrons. The van der Waals surface area contributed by atoms with Gasteiger partial charge in [0.05, 0.1) is 5.92 Å². The highest BCUT2D eigenvalue weighted by molar-refractivity contribution is 6.04. The lowest BCUT2D eigenvalue weighted by Crippen LogP contribution is -2.30. The molecule has 1 saturated carbocycles. The molecule has 0 aromatic heterocycles. The van der Waals surface area contributed by atoms with Crippen LogP contribution in [0.15, 0.2) is 24.3 Å². The quantitative estimate of drug-likeness (QED) is 0.717. The Morgan fingerprint density at radius 1 is 1.06 bits per heavy atom. The topological polar surface area (TPSA) is 34.1 Å². The lowest BCUT2D eigenvalue weighted by molar-refractivity contribution is -0.135. The van der Waals surface area contributed by atoms with Crippen LogP contribution in [0.25, 0.3) is 0 Å². The Hall–Kier alpha value is -1.51. The summed E-state index contributed by atoms with van der Waals surface area (Å²) in [4.78, 5) is 23.2. The zero-order valence-corrected chi connectivity index (χ0v) is 8.91. The first-order valence-electron chi connectivity index (χ1n) is 5.46. The van der Waals surface area contributed by atoms with Gasteiger partial charge in [-0.3, -0.25) is 9.59 Å². The van der Waals surface area contributed by atoms with Crippen LogP contribution >= 0.6 is 0 Å². The molecule has 0 radical (unpaired) electrons. The van der Waals surface area contributed by atoms with Crippen molar-refractivity contribution in [2.24, 2.45) is 5.92 Å². The van der Waals surface area contributed by atoms with Gasteiger partial charge in [-0.25, -0.2) is 4.39 Å². The molecular weight excluding hydrogens is 207 g/mol. The summed E-state index contributed by atoms with van der Waals surface area (Å²) in [5, 5.41) is 0. The zero-order chi connectivity index (χ0) is 11.5. The zero-order valence-electron chi connectivity index (χ0n) is 8.91. The van der Waals surface area contributed by atoms with Crippen LogP contribution in [-0.4, -0.2) is 11.6 Å². The highest BCUT2D eigenvalue weighted by atomic mass is 19.1. The van der Waals surface area contributed by atoms with Gasteiger partial charge in [-0.1, -0.05) is 12.1 Å². The lowest BCUT2D eigenvalue weighted by atomic mass is 9.83. The monoisotopic (exact) mass is 220 g/mol. The van der Waals surface area contributed by atoms with Crippen LogP contribution in [0.4, 0.5) is 4.39 Å². The molecular formula is C13H13FO2. The molecule has 1 aromatic rings. The Morgan fingerprint density at radius 2 is 1.62 bits per heavy atom. The highest BCUT2D eigenvalue weighted by Crippen LogP contribution is 2.21. The van der Waals surface area contributed by atoms with Crippen LogP contribution in [0.1, 0.15) is 24.8 Å². The largest absolute Gasteiger partial charge is 0.299 e. The molecule has 1 aliphatic rings. The number of rotatable bonds is 2. The Balaban J connectivity index is 2.10. The Labute approximate surface area is 93.5 Å². The molecule has 0 heterocycles. The fourth-order valence-corrected chi connectivity index (χ4v) is 2.05. The van der Waals surface area contributed by atoms with E-state index < -0.39 is 5.92 Å². The normalized spacial score (nSPS) is 17.8. The smallest absolute Gasteiger partial charge is 0.143 e. The van der Waals surface area contributed by atoms with Crippen LogP contribution in [0, 0.1) is 11.7 Å². The number of hydrogen-bond donors (Lipinski definition) is 0. The van der Waals surface area contributed by atoms with E-state index in [1.807, 2.05) is 0 Å². The molecule has 1 fully saturated rings. The molecule has 0 bridgehead atoms. The molecule has 3 heteroatoms. The summed E-state index contributed by atoms with van der Waals surface area (Å²) in [5.74, 6) is -0.745. The molecule has 0 unspecified atom stereocenters. The first-order chi connectivity index (χ1) is 7.66. The van der Waals surface area contributed by atoms with Crippen LogP contribution in [0.3, 0.4) is 0 Å². The van der Waals surface area contributed by atoms with Crippen molar-refractivity contribution in [2.45, 2.75) is 25.7 Å². The van der Waals surface area contributed by atoms with Gasteiger partial charge in [-0.05, 0) is 30.5 Å². The molecule has 1 aromatic carbocycles. The van der Waals surface area contributed by atoms with Gasteiger partial charge < -0.3 is 0 Å². The predicted molar refractivity (Wildman–Crippen MR) is 57.5 cm³/mol. The maximum atomic E-state index is 12.7. The van der Waals surface area contributed by atoms with E-state index in [1.165, 1.54) is 12.1 Å². The van der Waals surface area contributed by atoms with Crippen molar-refractivity contribution in [1.29, 1.82) is 0 Å². The molecule has 0 N–H and O–H groups in total. The molecule has 0 spiro atoms. The van der Waals surface area contributed by atoms with Gasteiger partial charge in [0.15, 0.2) is 0 Å². The van der Waals surface area contributed by atoms with Gasteiger partial charge in [-0.2, -0.15) is 0 Å². The van der Waals surface area contributed by atoms with Crippen LogP contribution in [0.5, 0.6) is 0 Å². The molecule has 16 heavy (non-hydrogen) atoms. The summed E-state index contributed by atoms with van der Waals surface area (Å²) in [6, 6.07) is 5.97. The highest BCUT2D eigenvalue weighted by Gasteiger charge is 2.29. The van der Waals surface area contributed by atoms with Gasteiger partial charge >= 0.3 is 0 Å². The SMILES string of the molecule is O=C1CCCC(=O)C1Cc1ccc(F)cc1. The van der Waals surface area contributed by atoms with Crippen molar-refractivity contribution in [3.63, 3.8) is 0 Å². The summed E-state index contributed by atoms with van der Waals surface area (Å²) in [7, 11) is 0. The Kier molecular flexibility index (Phi) is 3.13. The van der Waals surface area contributed by atoms with E-state index in [1.54, 1.807) is 12.1 Å². The maximum Gasteiger partial charge on any atom is 0.143 e. The first-order valence-corrected chi connectivity index (χ1v) is 5.46. The predicted octanol–water partition coefficient (Wildman–Crippen LogP) is 2.31. The third kappa shape index (κ3) is 2.35. The van der Waals surface area contributed by atoms with E-state index >= 15 is 0 Å². The van der Waals surface area contributed by atoms with Gasteiger partial charge in [-0.15, -0.1) is 0 Å². The summed E-state index contributed by atoms with van der Waals surface area (Å²) < 4.78 is 12.7. The third-order valence-electron chi connectivity index (χ3n) is 2.98. The Bertz CT molecular complexity index is 392. The van der Waals surface area contributed by atoms with Gasteiger partial charge in [0, 0.05) is 12.8 Å². The minimum atomic E-state index is -0.501. The van der Waals surface area contributed by atoms with E-state index in [2.05, 4.69) is 0 Å². The number of benzene rings is 1. The van der Waals surface area contributed by atoms with E-state index in [0.717, 1.165) is 5.56 Å². The second-order valence-corrected chi connectivity index (χ2v) is 4.17. The minimum Gasteiger partial charge on any atom is -0.299 e. The van der Waals surface area contributed by atoms with Crippen molar-refractivity contribution in [1.82, 2.24) is 0 Å². The Morgan fingerprint density at radius 3 is 2.19 bits per heavy atom. The van der Waals surface area contributed by atoms with Crippen LogP contribution in [-0.2, 0) is 16.0 Å². The van der Waals surface area contributed by atoms with E-state index in [4.69, 9.17) is 0 Å². The second-order valence-electron chi connectivity index (χ2n) is 4.17. The first kappa shape index (κ1) is 11.0. The molecule has 2 nitrogen and oxygen atoms in total. The fraction of sp³-hybridized carbons (Fsp3) is 0.385. The molecule has 0 amide bonds. The van der Waals surface area contributed by atoms with E-state index in [9.17, 15) is 14.0 Å². The summed E-state index contributed by atoms with van der Waals surface area (Å²) in [5.41, 5.74) is 0.843. The van der Waals surface area contributed by atoms with Crippen LogP contribution in [0.2, 0.25) is 0 Å². The molecule has 1 aliphatic carbocycles. The minimum absolute atomic E-state index is 0.0283. The van der Waals surface area contributed by atoms with Gasteiger partial charge in [0.2, 0.25) is 0 Å². The van der Waals surface area contributed by atoms with Crippen molar-refractivity contribution in [3.05, 3.63) is 35.6 Å². The van der Waals surface area contributed by atoms with E-state index in [0.29, 0.717) is 25.7 Å². The molecule has 0 aliphatic heterocycles. The van der Waals surface area contributed by atoms with Crippen molar-refractivity contribution in [2.75, 3.05) is 0 Å². The molecule has 0 saturated heterocycles. The third-order valence-corrected chi connectivity index (χ3v) is 2.98. The van der Waals surface area contributed by atoms with E-state index in [-0.39, 0.29) is 17.4 Å². The number of halogens is 1. The average molecular weight is 220 g/mol. The standard InChI is InChI=1S/C13H13FO2/c14-10-6-4-9(5-7-10)8-11-12(15)2-1-3-13(11)16/h4-7,11H,1-3,8H2. The molecule has 2 rings (SSSR count). The fourth-order valence-electron chi connectivity index (χ4n) is 2.05. The summed E-state index contributed by atoms with van der Waals surface area (Å²) >= 11 is 0. The number of ketones is 2. The molecule has 0 atom stereocenters.